The highest BCUT2D eigenvalue weighted by molar-refractivity contribution is 6.23. The van der Waals surface area contributed by atoms with E-state index in [1.165, 1.54) is 17.0 Å². The van der Waals surface area contributed by atoms with Crippen LogP contribution in [0.2, 0.25) is 0 Å². The fourth-order valence-corrected chi connectivity index (χ4v) is 10.3. The smallest absolute Gasteiger partial charge is 0.262 e. The summed E-state index contributed by atoms with van der Waals surface area (Å²) in [7, 11) is 0. The summed E-state index contributed by atoms with van der Waals surface area (Å²) in [6.45, 7) is 3.30. The van der Waals surface area contributed by atoms with Crippen LogP contribution in [0.1, 0.15) is 97.7 Å². The highest BCUT2D eigenvalue weighted by Crippen LogP contribution is 2.44. The fourth-order valence-electron chi connectivity index (χ4n) is 10.3. The Morgan fingerprint density at radius 3 is 2.10 bits per heavy atom. The van der Waals surface area contributed by atoms with Gasteiger partial charge in [-0.3, -0.25) is 44.0 Å². The first kappa shape index (κ1) is 39.9. The van der Waals surface area contributed by atoms with Gasteiger partial charge in [-0.15, -0.1) is 0 Å². The van der Waals surface area contributed by atoms with Gasteiger partial charge in [0.15, 0.2) is 0 Å². The minimum absolute atomic E-state index is 0.0527. The monoisotopic (exact) mass is 846 g/mol. The molecule has 0 saturated carbocycles. The molecule has 0 spiro atoms. The van der Waals surface area contributed by atoms with Crippen molar-refractivity contribution < 1.29 is 41.5 Å². The van der Waals surface area contributed by atoms with Crippen molar-refractivity contribution in [2.75, 3.05) is 19.6 Å². The van der Waals surface area contributed by atoms with E-state index in [0.717, 1.165) is 32.5 Å². The number of benzene rings is 4. The number of halogens is 4. The second kappa shape index (κ2) is 15.3. The van der Waals surface area contributed by atoms with Gasteiger partial charge in [0.05, 0.1) is 23.7 Å². The zero-order chi connectivity index (χ0) is 43.1. The number of aromatic amines is 1. The van der Waals surface area contributed by atoms with Crippen molar-refractivity contribution in [1.82, 2.24) is 29.9 Å². The number of hydrogen-bond donors (Lipinski definition) is 2. The van der Waals surface area contributed by atoms with Crippen LogP contribution < -0.4 is 5.32 Å². The number of piperidine rings is 2. The van der Waals surface area contributed by atoms with Crippen molar-refractivity contribution in [3.05, 3.63) is 129 Å². The van der Waals surface area contributed by atoms with Crippen LogP contribution in [0.4, 0.5) is 17.6 Å². The van der Waals surface area contributed by atoms with E-state index in [0.29, 0.717) is 62.3 Å². The van der Waals surface area contributed by atoms with Gasteiger partial charge in [0.2, 0.25) is 11.8 Å². The first-order valence-electron chi connectivity index (χ1n) is 21.0. The summed E-state index contributed by atoms with van der Waals surface area (Å²) in [6, 6.07) is 17.6. The SMILES string of the molecule is C[C@@H]1Cc2c([nH]c3ccccc23)[C@@H](c2c(F)cc(-c3ccc(C(=O)N4CCC(N5Cc6cc7c(cc6C5)C(=O)N(C5CCC(=O)NC5=O)C7=O)CC4)cc3)cc2F)N1CC(F)F. The molecule has 15 heteroatoms. The topological polar surface area (TPSA) is 126 Å². The molecule has 1 aromatic heterocycles. The molecule has 2 fully saturated rings. The molecule has 5 aliphatic rings. The Bertz CT molecular complexity index is 2640. The zero-order valence-corrected chi connectivity index (χ0v) is 33.7. The summed E-state index contributed by atoms with van der Waals surface area (Å²) in [4.78, 5) is 74.3. The van der Waals surface area contributed by atoms with Crippen LogP contribution in [0.15, 0.2) is 72.8 Å². The average molecular weight is 847 g/mol. The number of likely N-dealkylation sites (tertiary alicyclic amines) is 1. The van der Waals surface area contributed by atoms with Crippen molar-refractivity contribution in [2.24, 2.45) is 0 Å². The molecule has 2 saturated heterocycles. The van der Waals surface area contributed by atoms with Crippen LogP contribution in [0.25, 0.3) is 22.0 Å². The Kier molecular flexibility index (Phi) is 9.86. The fraction of sp³-hybridized carbons (Fsp3) is 0.340. The molecule has 0 bridgehead atoms. The molecule has 0 aliphatic carbocycles. The Labute approximate surface area is 353 Å². The third kappa shape index (κ3) is 6.69. The van der Waals surface area contributed by atoms with E-state index in [4.69, 9.17) is 0 Å². The maximum Gasteiger partial charge on any atom is 0.262 e. The van der Waals surface area contributed by atoms with Crippen LogP contribution in [0.5, 0.6) is 0 Å². The number of nitrogens with one attached hydrogen (secondary N) is 2. The van der Waals surface area contributed by atoms with E-state index >= 15 is 8.78 Å². The maximum atomic E-state index is 16.2. The number of para-hydroxylation sites is 1. The molecule has 0 radical (unpaired) electrons. The highest BCUT2D eigenvalue weighted by atomic mass is 19.3. The Morgan fingerprint density at radius 2 is 1.47 bits per heavy atom. The van der Waals surface area contributed by atoms with Gasteiger partial charge in [-0.1, -0.05) is 30.3 Å². The number of hydrogen-bond acceptors (Lipinski definition) is 7. The Hall–Kier alpha value is -6.19. The summed E-state index contributed by atoms with van der Waals surface area (Å²) in [6.07, 6.45) is -0.697. The molecule has 5 aliphatic heterocycles. The number of fused-ring (bicyclic) bond motifs is 5. The minimum Gasteiger partial charge on any atom is -0.357 e. The van der Waals surface area contributed by atoms with Gasteiger partial charge < -0.3 is 9.88 Å². The molecule has 3 atom stereocenters. The third-order valence-corrected chi connectivity index (χ3v) is 13.5. The quantitative estimate of drug-likeness (QED) is 0.137. The van der Waals surface area contributed by atoms with Crippen LogP contribution in [-0.2, 0) is 29.1 Å². The Morgan fingerprint density at radius 1 is 0.823 bits per heavy atom. The summed E-state index contributed by atoms with van der Waals surface area (Å²) in [5.41, 5.74) is 5.40. The van der Waals surface area contributed by atoms with E-state index < -0.39 is 66.4 Å². The van der Waals surface area contributed by atoms with E-state index in [-0.39, 0.29) is 47.0 Å². The third-order valence-electron chi connectivity index (χ3n) is 13.5. The molecule has 6 heterocycles. The lowest BCUT2D eigenvalue weighted by molar-refractivity contribution is -0.136. The van der Waals surface area contributed by atoms with Crippen LogP contribution in [0.3, 0.4) is 0 Å². The van der Waals surface area contributed by atoms with E-state index in [2.05, 4.69) is 15.2 Å². The standard InChI is InChI=1S/C47H42F4N6O5/c1-24-16-32-31-4-2-3-5-37(31)52-42(32)43(56(24)23-39(50)51)41-35(48)19-27(20-36(41)49)25-6-8-26(9-7-25)45(60)54-14-12-30(13-15-54)55-21-28-17-33-34(18-29(28)22-55)47(62)57(46(33)61)38-10-11-40(58)53-44(38)59/h2-9,17-20,24,30,38-39,43,52H,10-16,21-23H2,1H3,(H,53,58,59)/t24-,38?,43-/m1/s1. The summed E-state index contributed by atoms with van der Waals surface area (Å²) in [5, 5.41) is 3.12. The second-order valence-corrected chi connectivity index (χ2v) is 17.1. The minimum atomic E-state index is -2.71. The largest absolute Gasteiger partial charge is 0.357 e. The normalized spacial score (nSPS) is 22.1. The van der Waals surface area contributed by atoms with Gasteiger partial charge in [0, 0.05) is 72.4 Å². The molecular formula is C47H42F4N6O5. The summed E-state index contributed by atoms with van der Waals surface area (Å²) in [5.74, 6) is -4.01. The second-order valence-electron chi connectivity index (χ2n) is 17.1. The number of carbonyl (C=O) groups excluding carboxylic acids is 5. The van der Waals surface area contributed by atoms with Crippen molar-refractivity contribution in [3.8, 4) is 11.1 Å². The molecule has 5 amide bonds. The van der Waals surface area contributed by atoms with E-state index in [9.17, 15) is 32.8 Å². The van der Waals surface area contributed by atoms with E-state index in [1.54, 1.807) is 48.2 Å². The van der Waals surface area contributed by atoms with Crippen molar-refractivity contribution in [1.29, 1.82) is 0 Å². The van der Waals surface area contributed by atoms with Gasteiger partial charge in [0.25, 0.3) is 24.1 Å². The molecule has 1 unspecified atom stereocenters. The molecular weight excluding hydrogens is 805 g/mol. The molecule has 2 N–H and O–H groups in total. The highest BCUT2D eigenvalue weighted by Gasteiger charge is 2.46. The molecule has 4 aromatic carbocycles. The molecule has 62 heavy (non-hydrogen) atoms. The van der Waals surface area contributed by atoms with Crippen LogP contribution in [0, 0.1) is 11.6 Å². The van der Waals surface area contributed by atoms with Crippen LogP contribution >= 0.6 is 0 Å². The van der Waals surface area contributed by atoms with Crippen molar-refractivity contribution in [2.45, 2.75) is 82.7 Å². The number of imide groups is 2. The number of alkyl halides is 2. The lowest BCUT2D eigenvalue weighted by atomic mass is 9.87. The molecule has 5 aromatic rings. The first-order chi connectivity index (χ1) is 29.8. The zero-order valence-electron chi connectivity index (χ0n) is 33.7. The lowest BCUT2D eigenvalue weighted by Gasteiger charge is -2.41. The maximum absolute atomic E-state index is 16.2. The van der Waals surface area contributed by atoms with Crippen molar-refractivity contribution in [3.63, 3.8) is 0 Å². The Balaban J connectivity index is 0.799. The van der Waals surface area contributed by atoms with Gasteiger partial charge in [0.1, 0.15) is 17.7 Å². The van der Waals surface area contributed by atoms with Gasteiger partial charge >= 0.3 is 0 Å². The lowest BCUT2D eigenvalue weighted by Crippen LogP contribution is -2.54. The number of H-pyrrole nitrogens is 1. The van der Waals surface area contributed by atoms with Crippen LogP contribution in [-0.4, -0.2) is 98.3 Å². The number of nitrogens with zero attached hydrogens (tertiary/aromatic N) is 4. The number of amides is 5. The first-order valence-corrected chi connectivity index (χ1v) is 21.0. The van der Waals surface area contributed by atoms with Gasteiger partial charge in [-0.2, -0.15) is 0 Å². The van der Waals surface area contributed by atoms with Crippen molar-refractivity contribution >= 4 is 40.4 Å². The summed E-state index contributed by atoms with van der Waals surface area (Å²) >= 11 is 0. The molecule has 318 valence electrons. The number of aromatic nitrogens is 1. The van der Waals surface area contributed by atoms with Gasteiger partial charge in [-0.05, 0) is 103 Å². The molecule has 10 rings (SSSR count). The number of carbonyl (C=O) groups is 5. The predicted octanol–water partition coefficient (Wildman–Crippen LogP) is 6.74. The summed E-state index contributed by atoms with van der Waals surface area (Å²) < 4.78 is 60.3. The predicted molar refractivity (Wildman–Crippen MR) is 219 cm³/mol. The van der Waals surface area contributed by atoms with E-state index in [1.807, 2.05) is 24.3 Å². The van der Waals surface area contributed by atoms with Gasteiger partial charge in [-0.25, -0.2) is 17.6 Å². The average Bonchev–Trinajstić information content (AvgIpc) is 3.92. The molecule has 11 nitrogen and oxygen atoms in total. The number of rotatable bonds is 7.